The second-order valence-electron chi connectivity index (χ2n) is 4.89. The molecule has 0 aliphatic carbocycles. The first-order chi connectivity index (χ1) is 12.9. The minimum Gasteiger partial charge on any atom is -0.391 e. The van der Waals surface area contributed by atoms with Gasteiger partial charge in [-0.2, -0.15) is 4.98 Å². The van der Waals surface area contributed by atoms with Crippen LogP contribution in [0.3, 0.4) is 0 Å². The van der Waals surface area contributed by atoms with Gasteiger partial charge in [-0.1, -0.05) is 34.1 Å². The van der Waals surface area contributed by atoms with Crippen LogP contribution in [0.1, 0.15) is 45.6 Å². The third-order valence-electron chi connectivity index (χ3n) is 1.50. The van der Waals surface area contributed by atoms with Gasteiger partial charge < -0.3 is 39.0 Å². The molecule has 0 spiro atoms. The smallest absolute Gasteiger partial charge is 0.391 e. The van der Waals surface area contributed by atoms with E-state index in [0.717, 1.165) is 5.69 Å². The summed E-state index contributed by atoms with van der Waals surface area (Å²) in [6, 6.07) is 1.62. The van der Waals surface area contributed by atoms with E-state index in [-0.39, 0.29) is 5.88 Å². The molecule has 174 valence electrons. The van der Waals surface area contributed by atoms with Crippen molar-refractivity contribution in [2.24, 2.45) is 0 Å². The Hall–Kier alpha value is -0.590. The van der Waals surface area contributed by atoms with Crippen molar-refractivity contribution >= 4 is 43.1 Å². The molecule has 0 bridgehead atoms. The highest BCUT2D eigenvalue weighted by molar-refractivity contribution is 8.06. The Morgan fingerprint density at radius 1 is 1.00 bits per heavy atom. The van der Waals surface area contributed by atoms with Gasteiger partial charge in [-0.05, 0) is 37.5 Å². The Morgan fingerprint density at radius 3 is 1.55 bits per heavy atom. The minimum atomic E-state index is -3.81. The molecule has 0 aliphatic rings. The number of nitrogens with zero attached hydrogens (tertiary/aromatic N) is 3. The molecule has 11 nitrogen and oxygen atoms in total. The Morgan fingerprint density at radius 2 is 1.31 bits per heavy atom. The number of aryl methyl sites for hydroxylation is 2. The second-order valence-corrected chi connectivity index (χ2v) is 9.88. The van der Waals surface area contributed by atoms with Gasteiger partial charge in [0.1, 0.15) is 5.82 Å². The summed E-state index contributed by atoms with van der Waals surface area (Å²) in [4.78, 5) is 65.9. The van der Waals surface area contributed by atoms with Gasteiger partial charge in [0.2, 0.25) is 5.88 Å². The zero-order valence-corrected chi connectivity index (χ0v) is 21.3. The first-order valence-electron chi connectivity index (χ1n) is 8.18. The first-order valence-corrected chi connectivity index (χ1v) is 13.5. The van der Waals surface area contributed by atoms with Crippen LogP contribution in [-0.2, 0) is 23.6 Å². The summed E-state index contributed by atoms with van der Waals surface area (Å²) >= 11 is 7.21. The number of aromatic nitrogens is 2. The highest BCUT2D eigenvalue weighted by Gasteiger charge is 2.08. The van der Waals surface area contributed by atoms with Crippen LogP contribution in [0.4, 0.5) is 4.79 Å². The molecule has 1 rings (SSSR count). The van der Waals surface area contributed by atoms with Crippen molar-refractivity contribution in [1.29, 1.82) is 0 Å². The minimum absolute atomic E-state index is 0.286. The normalized spacial score (nSPS) is 9.59. The zero-order chi connectivity index (χ0) is 24.4. The molecule has 1 heterocycles. The Labute approximate surface area is 182 Å². The fourth-order valence-electron chi connectivity index (χ4n) is 0.916. The molecule has 1 aromatic heterocycles. The van der Waals surface area contributed by atoms with Crippen molar-refractivity contribution in [3.8, 4) is 5.88 Å². The number of rotatable bonds is 1. The lowest BCUT2D eigenvalue weighted by Gasteiger charge is -2.10. The van der Waals surface area contributed by atoms with Gasteiger partial charge in [0.25, 0.3) is 0 Å². The molecule has 0 radical (unpaired) electrons. The van der Waals surface area contributed by atoms with Crippen LogP contribution in [0.15, 0.2) is 6.07 Å². The molecule has 0 saturated carbocycles. The number of amides is 1. The second kappa shape index (κ2) is 19.4. The molecule has 6 N–H and O–H groups in total. The van der Waals surface area contributed by atoms with E-state index in [1.807, 2.05) is 20.8 Å². The topological polar surface area (TPSA) is 177 Å². The van der Waals surface area contributed by atoms with Gasteiger partial charge in [-0.15, -0.1) is 0 Å². The Bertz CT molecular complexity index is 597. The molecule has 0 aromatic carbocycles. The van der Waals surface area contributed by atoms with Crippen LogP contribution in [0.2, 0.25) is 0 Å². The van der Waals surface area contributed by atoms with Gasteiger partial charge in [0.05, 0.1) is 0 Å². The maximum atomic E-state index is 11.2. The average molecular weight is 498 g/mol. The predicted octanol–water partition coefficient (Wildman–Crippen LogP) is 1.97. The van der Waals surface area contributed by atoms with Crippen LogP contribution in [0.25, 0.3) is 0 Å². The maximum absolute atomic E-state index is 11.2. The highest BCUT2D eigenvalue weighted by Crippen LogP contribution is 2.26. The third-order valence-corrected chi connectivity index (χ3v) is 1.50. The van der Waals surface area contributed by atoms with E-state index in [4.69, 9.17) is 34.1 Å². The van der Waals surface area contributed by atoms with Crippen LogP contribution in [0, 0.1) is 13.8 Å². The molecule has 0 aliphatic heterocycles. The average Bonchev–Trinajstić information content (AvgIpc) is 2.45. The van der Waals surface area contributed by atoms with Crippen molar-refractivity contribution in [1.82, 2.24) is 14.9 Å². The lowest BCUT2D eigenvalue weighted by Crippen LogP contribution is -2.25. The number of ether oxygens (including phenoxy) is 1. The number of hydrogen-bond donors (Lipinski definition) is 6. The fraction of sp³-hybridized carbons (Fsp3) is 0.643. The molecule has 29 heavy (non-hydrogen) atoms. The summed E-state index contributed by atoms with van der Waals surface area (Å²) in [6.45, 7) is 4.21. The van der Waals surface area contributed by atoms with E-state index >= 15 is 0 Å². The lowest BCUT2D eigenvalue weighted by atomic mass is 10.4. The quantitative estimate of drug-likeness (QED) is 0.311. The summed E-state index contributed by atoms with van der Waals surface area (Å²) < 4.78 is 4.97. The van der Waals surface area contributed by atoms with Gasteiger partial charge in [0, 0.05) is 25.9 Å². The fourth-order valence-corrected chi connectivity index (χ4v) is 0.916. The summed E-state index contributed by atoms with van der Waals surface area (Å²) in [5.74, 6) is 0.875. The summed E-state index contributed by atoms with van der Waals surface area (Å²) in [6.07, 6.45) is 0.808. The summed E-state index contributed by atoms with van der Waals surface area (Å²) in [7, 11) is 3.23. The molecule has 0 saturated heterocycles. The Balaban J connectivity index is -0.000000173. The van der Waals surface area contributed by atoms with E-state index in [0.29, 0.717) is 5.82 Å². The molecule has 1 aromatic rings. The number of hydrogen-bond acceptors (Lipinski definition) is 6. The number of carbonyl (C=O) groups is 1. The van der Waals surface area contributed by atoms with Crippen LogP contribution in [0.5, 0.6) is 5.88 Å². The largest absolute Gasteiger partial charge is 0.416 e. The molecular formula is C14H33N3O8P2S2. The van der Waals surface area contributed by atoms with Crippen molar-refractivity contribution in [2.45, 2.75) is 48.0 Å². The monoisotopic (exact) mass is 497 g/mol. The molecular weight excluding hydrogens is 464 g/mol. The van der Waals surface area contributed by atoms with Crippen LogP contribution in [-0.4, -0.2) is 64.4 Å². The van der Waals surface area contributed by atoms with Crippen molar-refractivity contribution in [3.63, 3.8) is 0 Å². The first kappa shape index (κ1) is 35.8. The van der Waals surface area contributed by atoms with Gasteiger partial charge >= 0.3 is 19.5 Å². The van der Waals surface area contributed by atoms with Gasteiger partial charge in [0.15, 0.2) is 0 Å². The summed E-state index contributed by atoms with van der Waals surface area (Å²) in [5, 5.41) is 0. The molecule has 15 heteroatoms. The van der Waals surface area contributed by atoms with E-state index in [9.17, 15) is 4.79 Å². The van der Waals surface area contributed by atoms with Crippen molar-refractivity contribution in [3.05, 3.63) is 17.6 Å². The van der Waals surface area contributed by atoms with Crippen LogP contribution < -0.4 is 4.74 Å². The standard InChI is InChI=1S/C9H13N3O2.C3H8.C2H6.2H3O3PS/c1-6-5-8(11-7(2)10-6)14-9(13)12(3)4;1-3-2;1-2;2*1-4(2,3)5/h5H,1-4H3;3H2,1-2H3;1-2H3;2*(H3,1,2,3,5). The third kappa shape index (κ3) is 47.0. The Kier molecular flexibility index (Phi) is 23.9. The van der Waals surface area contributed by atoms with E-state index < -0.39 is 19.5 Å². The zero-order valence-electron chi connectivity index (χ0n) is 17.8. The van der Waals surface area contributed by atoms with E-state index in [2.05, 4.69) is 47.4 Å². The van der Waals surface area contributed by atoms with Gasteiger partial charge in [-0.3, -0.25) is 0 Å². The maximum Gasteiger partial charge on any atom is 0.416 e. The van der Waals surface area contributed by atoms with Crippen molar-refractivity contribution < 1.29 is 38.9 Å². The van der Waals surface area contributed by atoms with E-state index in [1.54, 1.807) is 27.1 Å². The molecule has 0 fully saturated rings. The summed E-state index contributed by atoms with van der Waals surface area (Å²) in [5.41, 5.74) is 0.777. The van der Waals surface area contributed by atoms with Gasteiger partial charge in [-0.25, -0.2) is 9.78 Å². The molecule has 0 atom stereocenters. The predicted molar refractivity (Wildman–Crippen MR) is 120 cm³/mol. The van der Waals surface area contributed by atoms with Crippen molar-refractivity contribution in [2.75, 3.05) is 14.1 Å². The molecule has 1 amide bonds. The lowest BCUT2D eigenvalue weighted by molar-refractivity contribution is 0.170. The molecule has 0 unspecified atom stereocenters. The van der Waals surface area contributed by atoms with Crippen LogP contribution >= 0.6 is 13.4 Å². The number of carbonyl (C=O) groups excluding carboxylic acids is 1. The van der Waals surface area contributed by atoms with E-state index in [1.165, 1.54) is 11.3 Å². The SMILES string of the molecule is CC.CCC.Cc1cc(OC(=O)N(C)C)nc(C)n1.OP(O)(O)=S.OP(O)(O)=S. The highest BCUT2D eigenvalue weighted by atomic mass is 32.5.